The molecule has 3 aromatic rings. The Labute approximate surface area is 150 Å². The molecule has 0 aliphatic carbocycles. The molecule has 0 spiro atoms. The molecule has 0 saturated heterocycles. The van der Waals surface area contributed by atoms with Gasteiger partial charge < -0.3 is 15.4 Å². The average molecular weight is 353 g/mol. The fourth-order valence-electron chi connectivity index (χ4n) is 2.30. The molecule has 1 amide bonds. The number of hydrogen-bond acceptors (Lipinski definition) is 7. The monoisotopic (exact) mass is 353 g/mol. The first-order valence-corrected chi connectivity index (χ1v) is 8.02. The lowest BCUT2D eigenvalue weighted by molar-refractivity contribution is 0.0954. The van der Waals surface area contributed by atoms with E-state index in [0.717, 1.165) is 11.6 Å². The van der Waals surface area contributed by atoms with Crippen molar-refractivity contribution < 1.29 is 9.53 Å². The molecule has 0 atom stereocenters. The Hall–Kier alpha value is -3.49. The number of amides is 1. The smallest absolute Gasteiger partial charge is 0.252 e. The van der Waals surface area contributed by atoms with Gasteiger partial charge >= 0.3 is 0 Å². The molecule has 2 N–H and O–H groups in total. The predicted octanol–water partition coefficient (Wildman–Crippen LogP) is 1.22. The van der Waals surface area contributed by atoms with E-state index < -0.39 is 0 Å². The van der Waals surface area contributed by atoms with Gasteiger partial charge in [-0.25, -0.2) is 19.9 Å². The van der Waals surface area contributed by atoms with Crippen LogP contribution in [0.1, 0.15) is 16.2 Å². The zero-order chi connectivity index (χ0) is 18.4. The summed E-state index contributed by atoms with van der Waals surface area (Å²) in [6.07, 6.45) is 6.52. The summed E-state index contributed by atoms with van der Waals surface area (Å²) in [7, 11) is 1.53. The Balaban J connectivity index is 1.50. The number of carbonyl (C=O) groups excluding carboxylic acids is 1. The number of nitrogens with zero attached hydrogens (tertiary/aromatic N) is 5. The third kappa shape index (κ3) is 4.12. The molecule has 0 aliphatic rings. The number of hydrogen-bond donors (Lipinski definition) is 2. The lowest BCUT2D eigenvalue weighted by Crippen LogP contribution is -2.29. The van der Waals surface area contributed by atoms with Gasteiger partial charge in [-0.1, -0.05) is 0 Å². The Morgan fingerprint density at radius 3 is 2.77 bits per heavy atom. The van der Waals surface area contributed by atoms with Crippen LogP contribution in [0.2, 0.25) is 0 Å². The van der Waals surface area contributed by atoms with Gasteiger partial charge in [0.25, 0.3) is 5.91 Å². The number of nitrogens with one attached hydrogen (secondary N) is 2. The van der Waals surface area contributed by atoms with Crippen LogP contribution in [-0.2, 0) is 0 Å². The van der Waals surface area contributed by atoms with Crippen molar-refractivity contribution in [1.29, 1.82) is 0 Å². The van der Waals surface area contributed by atoms with Crippen molar-refractivity contribution in [3.63, 3.8) is 0 Å². The Morgan fingerprint density at radius 2 is 2.08 bits per heavy atom. The van der Waals surface area contributed by atoms with Crippen LogP contribution in [0.4, 0.5) is 5.82 Å². The van der Waals surface area contributed by atoms with Crippen LogP contribution in [-0.4, -0.2) is 50.6 Å². The molecule has 0 bridgehead atoms. The summed E-state index contributed by atoms with van der Waals surface area (Å²) in [6, 6.07) is 5.14. The van der Waals surface area contributed by atoms with E-state index in [4.69, 9.17) is 4.74 Å². The lowest BCUT2D eigenvalue weighted by atomic mass is 10.2. The van der Waals surface area contributed by atoms with E-state index >= 15 is 0 Å². The van der Waals surface area contributed by atoms with Crippen LogP contribution >= 0.6 is 0 Å². The molecule has 134 valence electrons. The molecule has 0 aromatic carbocycles. The number of carbonyl (C=O) groups is 1. The maximum absolute atomic E-state index is 12.0. The van der Waals surface area contributed by atoms with Crippen molar-refractivity contribution in [3.8, 4) is 11.7 Å². The molecule has 0 radical (unpaired) electrons. The number of aromatic nitrogens is 5. The predicted molar refractivity (Wildman–Crippen MR) is 95.5 cm³/mol. The number of rotatable bonds is 7. The molecular weight excluding hydrogens is 334 g/mol. The molecule has 26 heavy (non-hydrogen) atoms. The van der Waals surface area contributed by atoms with Gasteiger partial charge in [0, 0.05) is 43.8 Å². The number of anilines is 1. The number of ether oxygens (including phenoxy) is 1. The highest BCUT2D eigenvalue weighted by molar-refractivity contribution is 5.93. The maximum Gasteiger partial charge on any atom is 0.252 e. The zero-order valence-electron chi connectivity index (χ0n) is 14.5. The van der Waals surface area contributed by atoms with E-state index in [9.17, 15) is 4.79 Å². The van der Waals surface area contributed by atoms with Crippen molar-refractivity contribution in [2.75, 3.05) is 25.5 Å². The van der Waals surface area contributed by atoms with E-state index in [1.165, 1.54) is 19.6 Å². The fraction of sp³-hybridized carbons (Fsp3) is 0.235. The molecule has 0 aliphatic heterocycles. The minimum absolute atomic E-state index is 0.195. The summed E-state index contributed by atoms with van der Waals surface area (Å²) in [5.41, 5.74) is 0.478. The van der Waals surface area contributed by atoms with Crippen molar-refractivity contribution in [2.45, 2.75) is 6.92 Å². The fourth-order valence-corrected chi connectivity index (χ4v) is 2.30. The Bertz CT molecular complexity index is 877. The van der Waals surface area contributed by atoms with Gasteiger partial charge in [0.15, 0.2) is 0 Å². The van der Waals surface area contributed by atoms with Crippen LogP contribution in [0.3, 0.4) is 0 Å². The summed E-state index contributed by atoms with van der Waals surface area (Å²) < 4.78 is 6.84. The molecule has 0 fully saturated rings. The van der Waals surface area contributed by atoms with Crippen LogP contribution in [0.5, 0.6) is 5.88 Å². The topological polar surface area (TPSA) is 107 Å². The SMILES string of the molecule is COc1ccc(C(=O)NCCNc2cc(-n3ccnc3C)ncn2)cn1. The quantitative estimate of drug-likeness (QED) is 0.615. The van der Waals surface area contributed by atoms with E-state index in [0.29, 0.717) is 30.4 Å². The molecule has 9 nitrogen and oxygen atoms in total. The van der Waals surface area contributed by atoms with Crippen LogP contribution in [0, 0.1) is 6.92 Å². The highest BCUT2D eigenvalue weighted by Gasteiger charge is 2.06. The van der Waals surface area contributed by atoms with E-state index in [1.54, 1.807) is 18.3 Å². The van der Waals surface area contributed by atoms with Crippen molar-refractivity contribution in [1.82, 2.24) is 29.8 Å². The van der Waals surface area contributed by atoms with Crippen LogP contribution in [0.15, 0.2) is 43.1 Å². The van der Waals surface area contributed by atoms with Crippen molar-refractivity contribution in [3.05, 3.63) is 54.5 Å². The number of methoxy groups -OCH3 is 1. The minimum atomic E-state index is -0.195. The number of aryl methyl sites for hydroxylation is 1. The van der Waals surface area contributed by atoms with E-state index in [1.807, 2.05) is 23.8 Å². The van der Waals surface area contributed by atoms with Crippen LogP contribution < -0.4 is 15.4 Å². The summed E-state index contributed by atoms with van der Waals surface area (Å²) in [5.74, 6) is 2.51. The zero-order valence-corrected chi connectivity index (χ0v) is 14.5. The van der Waals surface area contributed by atoms with Gasteiger partial charge in [-0.05, 0) is 13.0 Å². The standard InChI is InChI=1S/C17H19N7O2/c1-12-18-7-8-24(12)15-9-14(22-11-23-15)19-5-6-20-17(25)13-3-4-16(26-2)21-10-13/h3-4,7-11H,5-6H2,1-2H3,(H,20,25)(H,19,22,23). The largest absolute Gasteiger partial charge is 0.481 e. The van der Waals surface area contributed by atoms with E-state index in [-0.39, 0.29) is 5.91 Å². The van der Waals surface area contributed by atoms with Crippen molar-refractivity contribution in [2.24, 2.45) is 0 Å². The molecule has 3 rings (SSSR count). The Morgan fingerprint density at radius 1 is 1.19 bits per heavy atom. The van der Waals surface area contributed by atoms with E-state index in [2.05, 4.69) is 30.6 Å². The van der Waals surface area contributed by atoms with Gasteiger partial charge in [-0.15, -0.1) is 0 Å². The van der Waals surface area contributed by atoms with Crippen molar-refractivity contribution >= 4 is 11.7 Å². The second-order valence-electron chi connectivity index (χ2n) is 5.38. The number of pyridine rings is 1. The highest BCUT2D eigenvalue weighted by Crippen LogP contribution is 2.10. The molecule has 0 saturated carbocycles. The summed E-state index contributed by atoms with van der Waals surface area (Å²) in [6.45, 7) is 2.86. The number of imidazole rings is 1. The molecular formula is C17H19N7O2. The van der Waals surface area contributed by atoms with Gasteiger partial charge in [0.1, 0.15) is 23.8 Å². The maximum atomic E-state index is 12.0. The average Bonchev–Trinajstić information content (AvgIpc) is 3.11. The third-order valence-corrected chi connectivity index (χ3v) is 3.65. The van der Waals surface area contributed by atoms with Gasteiger partial charge in [0.05, 0.1) is 12.7 Å². The van der Waals surface area contributed by atoms with Gasteiger partial charge in [-0.3, -0.25) is 9.36 Å². The first kappa shape index (κ1) is 17.3. The summed E-state index contributed by atoms with van der Waals surface area (Å²) in [4.78, 5) is 28.7. The molecule has 3 aromatic heterocycles. The molecule has 0 unspecified atom stereocenters. The van der Waals surface area contributed by atoms with Crippen LogP contribution in [0.25, 0.3) is 5.82 Å². The highest BCUT2D eigenvalue weighted by atomic mass is 16.5. The first-order chi connectivity index (χ1) is 12.7. The molecule has 9 heteroatoms. The second-order valence-corrected chi connectivity index (χ2v) is 5.38. The second kappa shape index (κ2) is 8.06. The minimum Gasteiger partial charge on any atom is -0.481 e. The Kier molecular flexibility index (Phi) is 5.37. The third-order valence-electron chi connectivity index (χ3n) is 3.65. The summed E-state index contributed by atoms with van der Waals surface area (Å²) >= 11 is 0. The normalized spacial score (nSPS) is 10.4. The molecule has 3 heterocycles. The van der Waals surface area contributed by atoms with Gasteiger partial charge in [-0.2, -0.15) is 0 Å². The first-order valence-electron chi connectivity index (χ1n) is 8.02. The lowest BCUT2D eigenvalue weighted by Gasteiger charge is -2.09. The summed E-state index contributed by atoms with van der Waals surface area (Å²) in [5, 5.41) is 5.97. The van der Waals surface area contributed by atoms with Gasteiger partial charge in [0.2, 0.25) is 5.88 Å².